The number of aromatic nitrogens is 4. The first-order valence-corrected chi connectivity index (χ1v) is 5.11. The molecule has 0 atom stereocenters. The van der Waals surface area contributed by atoms with Gasteiger partial charge < -0.3 is 4.57 Å². The zero-order valence-corrected chi connectivity index (χ0v) is 9.27. The molecule has 0 fully saturated rings. The van der Waals surface area contributed by atoms with Gasteiger partial charge in [0.2, 0.25) is 0 Å². The van der Waals surface area contributed by atoms with Gasteiger partial charge in [-0.3, -0.25) is 0 Å². The van der Waals surface area contributed by atoms with Crippen molar-refractivity contribution in [1.82, 2.24) is 19.7 Å². The Morgan fingerprint density at radius 1 is 1.43 bits per heavy atom. The van der Waals surface area contributed by atoms with Gasteiger partial charge in [0.1, 0.15) is 16.6 Å². The third kappa shape index (κ3) is 1.68. The van der Waals surface area contributed by atoms with Gasteiger partial charge in [-0.05, 0) is 35.0 Å². The van der Waals surface area contributed by atoms with Crippen LogP contribution in [0.1, 0.15) is 6.92 Å². The number of pyridine rings is 1. The highest BCUT2D eigenvalue weighted by Crippen LogP contribution is 2.16. The molecule has 2 rings (SSSR count). The molecule has 0 saturated carbocycles. The van der Waals surface area contributed by atoms with Gasteiger partial charge in [-0.25, -0.2) is 4.98 Å². The summed E-state index contributed by atoms with van der Waals surface area (Å²) in [6.45, 7) is 2.89. The summed E-state index contributed by atoms with van der Waals surface area (Å²) < 4.78 is 2.76. The van der Waals surface area contributed by atoms with Crippen molar-refractivity contribution in [3.8, 4) is 11.5 Å². The highest BCUT2D eigenvalue weighted by molar-refractivity contribution is 9.10. The van der Waals surface area contributed by atoms with E-state index in [-0.39, 0.29) is 0 Å². The van der Waals surface area contributed by atoms with Crippen LogP contribution in [0.5, 0.6) is 0 Å². The van der Waals surface area contributed by atoms with Crippen LogP contribution in [0, 0.1) is 0 Å². The Kier molecular flexibility index (Phi) is 2.58. The predicted molar refractivity (Wildman–Crippen MR) is 56.6 cm³/mol. The van der Waals surface area contributed by atoms with Crippen molar-refractivity contribution in [3.05, 3.63) is 29.1 Å². The minimum atomic E-state index is 0.800. The van der Waals surface area contributed by atoms with Crippen LogP contribution in [-0.2, 0) is 6.54 Å². The van der Waals surface area contributed by atoms with Crippen molar-refractivity contribution in [2.75, 3.05) is 0 Å². The van der Waals surface area contributed by atoms with Gasteiger partial charge in [-0.15, -0.1) is 10.2 Å². The highest BCUT2D eigenvalue weighted by atomic mass is 79.9. The van der Waals surface area contributed by atoms with Crippen LogP contribution < -0.4 is 0 Å². The summed E-state index contributed by atoms with van der Waals surface area (Å²) in [5.74, 6) is 0.800. The average molecular weight is 253 g/mol. The van der Waals surface area contributed by atoms with Gasteiger partial charge in [0, 0.05) is 6.54 Å². The fourth-order valence-electron chi connectivity index (χ4n) is 1.22. The maximum Gasteiger partial charge on any atom is 0.182 e. The second-order valence-corrected chi connectivity index (χ2v) is 3.60. The summed E-state index contributed by atoms with van der Waals surface area (Å²) in [6.07, 6.45) is 1.71. The lowest BCUT2D eigenvalue weighted by Gasteiger charge is -2.01. The first-order valence-electron chi connectivity index (χ1n) is 4.32. The van der Waals surface area contributed by atoms with Crippen LogP contribution in [0.3, 0.4) is 0 Å². The number of rotatable bonds is 2. The molecule has 0 amide bonds. The standard InChI is InChI=1S/C9H9BrN4/c1-2-14-6-11-13-9(14)7-4-3-5-8(10)12-7/h3-6H,2H2,1H3. The van der Waals surface area contributed by atoms with Gasteiger partial charge in [-0.2, -0.15) is 0 Å². The lowest BCUT2D eigenvalue weighted by Crippen LogP contribution is -1.97. The van der Waals surface area contributed by atoms with Gasteiger partial charge in [0.25, 0.3) is 0 Å². The monoisotopic (exact) mass is 252 g/mol. The quantitative estimate of drug-likeness (QED) is 0.770. The van der Waals surface area contributed by atoms with Crippen LogP contribution in [0.2, 0.25) is 0 Å². The summed E-state index contributed by atoms with van der Waals surface area (Å²) in [6, 6.07) is 5.73. The smallest absolute Gasteiger partial charge is 0.182 e. The van der Waals surface area contributed by atoms with E-state index in [1.54, 1.807) is 6.33 Å². The maximum absolute atomic E-state index is 4.32. The van der Waals surface area contributed by atoms with Crippen LogP contribution in [0.25, 0.3) is 11.5 Å². The molecule has 0 aliphatic carbocycles. The van der Waals surface area contributed by atoms with E-state index in [4.69, 9.17) is 0 Å². The van der Waals surface area contributed by atoms with E-state index >= 15 is 0 Å². The molecule has 0 bridgehead atoms. The van der Waals surface area contributed by atoms with Gasteiger partial charge in [0.05, 0.1) is 0 Å². The van der Waals surface area contributed by atoms with Gasteiger partial charge >= 0.3 is 0 Å². The summed E-state index contributed by atoms with van der Waals surface area (Å²) in [5.41, 5.74) is 0.832. The molecule has 0 saturated heterocycles. The Labute approximate surface area is 90.1 Å². The van der Waals surface area contributed by atoms with Gasteiger partial charge in [0.15, 0.2) is 5.82 Å². The van der Waals surface area contributed by atoms with E-state index in [0.29, 0.717) is 0 Å². The molecule has 2 aromatic rings. The van der Waals surface area contributed by atoms with Crippen LogP contribution >= 0.6 is 15.9 Å². The van der Waals surface area contributed by atoms with E-state index < -0.39 is 0 Å². The number of hydrogen-bond acceptors (Lipinski definition) is 3. The predicted octanol–water partition coefficient (Wildman–Crippen LogP) is 2.12. The van der Waals surface area contributed by atoms with Crippen molar-refractivity contribution in [3.63, 3.8) is 0 Å². The molecule has 0 aliphatic heterocycles. The minimum absolute atomic E-state index is 0.800. The molecule has 2 heterocycles. The molecule has 5 heteroatoms. The molecule has 0 N–H and O–H groups in total. The first kappa shape index (κ1) is 9.33. The molecular formula is C9H9BrN4. The molecule has 0 aromatic carbocycles. The van der Waals surface area contributed by atoms with Crippen molar-refractivity contribution < 1.29 is 0 Å². The Morgan fingerprint density at radius 2 is 2.29 bits per heavy atom. The fourth-order valence-corrected chi connectivity index (χ4v) is 1.56. The molecule has 72 valence electrons. The number of halogens is 1. The summed E-state index contributed by atoms with van der Waals surface area (Å²) in [5, 5.41) is 7.88. The molecule has 0 unspecified atom stereocenters. The topological polar surface area (TPSA) is 43.6 Å². The third-order valence-electron chi connectivity index (χ3n) is 1.90. The van der Waals surface area contributed by atoms with Crippen molar-refractivity contribution >= 4 is 15.9 Å². The van der Waals surface area contributed by atoms with Crippen molar-refractivity contribution in [2.24, 2.45) is 0 Å². The van der Waals surface area contributed by atoms with E-state index in [1.165, 1.54) is 0 Å². The van der Waals surface area contributed by atoms with Gasteiger partial charge in [-0.1, -0.05) is 6.07 Å². The van der Waals surface area contributed by atoms with E-state index in [0.717, 1.165) is 22.7 Å². The molecule has 4 nitrogen and oxygen atoms in total. The molecule has 14 heavy (non-hydrogen) atoms. The van der Waals surface area contributed by atoms with Crippen LogP contribution in [0.15, 0.2) is 29.1 Å². The van der Waals surface area contributed by atoms with Crippen LogP contribution in [-0.4, -0.2) is 19.7 Å². The van der Waals surface area contributed by atoms with E-state index in [1.807, 2.05) is 29.7 Å². The van der Waals surface area contributed by atoms with E-state index in [2.05, 4.69) is 31.1 Å². The number of hydrogen-bond donors (Lipinski definition) is 0. The first-order chi connectivity index (χ1) is 6.81. The van der Waals surface area contributed by atoms with Crippen molar-refractivity contribution in [2.45, 2.75) is 13.5 Å². The summed E-state index contributed by atoms with van der Waals surface area (Å²) in [7, 11) is 0. The molecule has 0 radical (unpaired) electrons. The fraction of sp³-hybridized carbons (Fsp3) is 0.222. The normalized spacial score (nSPS) is 10.4. The largest absolute Gasteiger partial charge is 0.313 e. The van der Waals surface area contributed by atoms with Crippen LogP contribution in [0.4, 0.5) is 0 Å². The average Bonchev–Trinajstić information content (AvgIpc) is 2.65. The Bertz CT molecular complexity index is 438. The summed E-state index contributed by atoms with van der Waals surface area (Å²) in [4.78, 5) is 4.32. The van der Waals surface area contributed by atoms with E-state index in [9.17, 15) is 0 Å². The number of nitrogens with zero attached hydrogens (tertiary/aromatic N) is 4. The number of aryl methyl sites for hydroxylation is 1. The zero-order chi connectivity index (χ0) is 9.97. The lowest BCUT2D eigenvalue weighted by atomic mass is 10.3. The third-order valence-corrected chi connectivity index (χ3v) is 2.34. The minimum Gasteiger partial charge on any atom is -0.313 e. The van der Waals surface area contributed by atoms with Crippen molar-refractivity contribution in [1.29, 1.82) is 0 Å². The Balaban J connectivity index is 2.49. The molecule has 0 aliphatic rings. The molecular weight excluding hydrogens is 244 g/mol. The molecule has 0 spiro atoms. The second-order valence-electron chi connectivity index (χ2n) is 2.79. The molecule has 2 aromatic heterocycles. The second kappa shape index (κ2) is 3.88. The highest BCUT2D eigenvalue weighted by Gasteiger charge is 2.06. The zero-order valence-electron chi connectivity index (χ0n) is 7.68. The summed E-state index contributed by atoms with van der Waals surface area (Å²) >= 11 is 3.33. The maximum atomic E-state index is 4.32. The Hall–Kier alpha value is -1.23. The lowest BCUT2D eigenvalue weighted by molar-refractivity contribution is 0.764. The Morgan fingerprint density at radius 3 is 3.00 bits per heavy atom. The SMILES string of the molecule is CCn1cnnc1-c1cccc(Br)n1.